The van der Waals surface area contributed by atoms with Crippen molar-refractivity contribution in [3.05, 3.63) is 70.8 Å². The van der Waals surface area contributed by atoms with Gasteiger partial charge < -0.3 is 35.0 Å². The van der Waals surface area contributed by atoms with Crippen LogP contribution in [0.25, 0.3) is 0 Å². The van der Waals surface area contributed by atoms with Gasteiger partial charge in [-0.05, 0) is 80.3 Å². The maximum Gasteiger partial charge on any atom is 0.328 e. The number of fused-ring (bicyclic) bond motifs is 1. The third kappa shape index (κ3) is 8.31. The first-order valence-corrected chi connectivity index (χ1v) is 14.1. The Labute approximate surface area is 241 Å². The van der Waals surface area contributed by atoms with Crippen LogP contribution in [0.15, 0.2) is 48.6 Å². The summed E-state index contributed by atoms with van der Waals surface area (Å²) in [5.41, 5.74) is 7.59. The van der Waals surface area contributed by atoms with Crippen LogP contribution >= 0.6 is 0 Å². The fourth-order valence-corrected chi connectivity index (χ4v) is 5.56. The standard InChI is InChI=1S/C27H36N4O2.C4H4O4/c1-20-3-10-26(31-13-11-29(2)12-14-31)25-19-22(6-9-24(20)25)28-27(32)21-4-7-23(8-5-21)30-15-17-33-18-16-30;5-3(6)1-2-4(7)8/h3-5,7-8,10,22H,6,9,11-19H2,1-2H3,(H,28,32);1-2H,(H,5,6)(H,7,8)/t22-;/m1./s1. The molecule has 2 heterocycles. The maximum atomic E-state index is 13.0. The summed E-state index contributed by atoms with van der Waals surface area (Å²) in [6, 6.07) is 12.8. The minimum Gasteiger partial charge on any atom is -0.478 e. The molecule has 2 saturated heterocycles. The molecular formula is C31H40N4O6. The second kappa shape index (κ2) is 14.1. The number of carbonyl (C=O) groups excluding carboxylic acids is 1. The lowest BCUT2D eigenvalue weighted by atomic mass is 9.84. The van der Waals surface area contributed by atoms with Gasteiger partial charge >= 0.3 is 11.9 Å². The van der Waals surface area contributed by atoms with Crippen LogP contribution in [-0.4, -0.2) is 98.5 Å². The van der Waals surface area contributed by atoms with Gasteiger partial charge in [-0.25, -0.2) is 9.59 Å². The van der Waals surface area contributed by atoms with E-state index in [2.05, 4.69) is 58.3 Å². The highest BCUT2D eigenvalue weighted by molar-refractivity contribution is 5.94. The van der Waals surface area contributed by atoms with Gasteiger partial charge in [0.25, 0.3) is 5.91 Å². The molecule has 3 N–H and O–H groups in total. The predicted octanol–water partition coefficient (Wildman–Crippen LogP) is 2.58. The summed E-state index contributed by atoms with van der Waals surface area (Å²) in [5, 5.41) is 19.0. The van der Waals surface area contributed by atoms with Gasteiger partial charge in [0.2, 0.25) is 0 Å². The number of rotatable bonds is 6. The Kier molecular flexibility index (Phi) is 10.4. The molecule has 2 fully saturated rings. The Morgan fingerprint density at radius 2 is 1.49 bits per heavy atom. The lowest BCUT2D eigenvalue weighted by molar-refractivity contribution is -0.134. The van der Waals surface area contributed by atoms with Gasteiger partial charge in [-0.2, -0.15) is 0 Å². The molecule has 41 heavy (non-hydrogen) atoms. The number of anilines is 2. The monoisotopic (exact) mass is 564 g/mol. The van der Waals surface area contributed by atoms with Crippen LogP contribution in [0.5, 0.6) is 0 Å². The van der Waals surface area contributed by atoms with E-state index in [-0.39, 0.29) is 11.9 Å². The molecule has 0 aromatic heterocycles. The van der Waals surface area contributed by atoms with Crippen LogP contribution in [0.3, 0.4) is 0 Å². The third-order valence-electron chi connectivity index (χ3n) is 7.89. The Balaban J connectivity index is 0.000000426. The molecule has 2 aromatic rings. The van der Waals surface area contributed by atoms with Gasteiger partial charge in [0.05, 0.1) is 13.2 Å². The molecule has 10 heteroatoms. The van der Waals surface area contributed by atoms with Crippen LogP contribution < -0.4 is 15.1 Å². The van der Waals surface area contributed by atoms with E-state index in [1.165, 1.54) is 22.4 Å². The van der Waals surface area contributed by atoms with E-state index in [1.807, 2.05) is 12.1 Å². The topological polar surface area (TPSA) is 123 Å². The number of hydrogen-bond acceptors (Lipinski definition) is 7. The number of aliphatic carboxylic acids is 2. The van der Waals surface area contributed by atoms with Crippen molar-refractivity contribution in [2.24, 2.45) is 0 Å². The van der Waals surface area contributed by atoms with Crippen molar-refractivity contribution in [1.82, 2.24) is 10.2 Å². The van der Waals surface area contributed by atoms with Crippen LogP contribution in [-0.2, 0) is 27.2 Å². The van der Waals surface area contributed by atoms with Crippen molar-refractivity contribution in [1.29, 1.82) is 0 Å². The van der Waals surface area contributed by atoms with E-state index in [0.29, 0.717) is 12.2 Å². The SMILES string of the molecule is Cc1ccc(N2CCN(C)CC2)c2c1CC[C@@H](NC(=O)c1ccc(N3CCOCC3)cc1)C2.O=C(O)C=CC(=O)O. The molecule has 2 aliphatic heterocycles. The fourth-order valence-electron chi connectivity index (χ4n) is 5.56. The van der Waals surface area contributed by atoms with E-state index < -0.39 is 11.9 Å². The van der Waals surface area contributed by atoms with Gasteiger partial charge in [0.15, 0.2) is 0 Å². The predicted molar refractivity (Wildman–Crippen MR) is 158 cm³/mol. The molecular weight excluding hydrogens is 524 g/mol. The van der Waals surface area contributed by atoms with Gasteiger partial charge in [-0.3, -0.25) is 4.79 Å². The number of aryl methyl sites for hydroxylation is 1. The number of hydrogen-bond donors (Lipinski definition) is 3. The van der Waals surface area contributed by atoms with Gasteiger partial charge in [0.1, 0.15) is 0 Å². The van der Waals surface area contributed by atoms with Crippen LogP contribution in [0.4, 0.5) is 11.4 Å². The molecule has 5 rings (SSSR count). The first kappa shape index (κ1) is 30.1. The second-order valence-electron chi connectivity index (χ2n) is 10.7. The molecule has 0 unspecified atom stereocenters. The molecule has 0 radical (unpaired) electrons. The minimum atomic E-state index is -1.26. The molecule has 10 nitrogen and oxygen atoms in total. The van der Waals surface area contributed by atoms with Gasteiger partial charge in [-0.1, -0.05) is 6.07 Å². The van der Waals surface area contributed by atoms with E-state index in [1.54, 1.807) is 0 Å². The number of piperazine rings is 1. The highest BCUT2D eigenvalue weighted by Crippen LogP contribution is 2.33. The molecule has 0 bridgehead atoms. The zero-order valence-electron chi connectivity index (χ0n) is 23.8. The van der Waals surface area contributed by atoms with Gasteiger partial charge in [0, 0.05) is 74.4 Å². The number of benzene rings is 2. The fraction of sp³-hybridized carbons (Fsp3) is 0.452. The van der Waals surface area contributed by atoms with E-state index in [9.17, 15) is 14.4 Å². The third-order valence-corrected chi connectivity index (χ3v) is 7.89. The first-order valence-electron chi connectivity index (χ1n) is 14.1. The van der Waals surface area contributed by atoms with Crippen molar-refractivity contribution in [2.75, 3.05) is 69.3 Å². The van der Waals surface area contributed by atoms with Crippen LogP contribution in [0, 0.1) is 6.92 Å². The largest absolute Gasteiger partial charge is 0.478 e. The van der Waals surface area contributed by atoms with Crippen LogP contribution in [0.1, 0.15) is 33.5 Å². The normalized spacial score (nSPS) is 19.2. The van der Waals surface area contributed by atoms with Crippen molar-refractivity contribution >= 4 is 29.2 Å². The summed E-state index contributed by atoms with van der Waals surface area (Å²) in [6.07, 6.45) is 4.06. The van der Waals surface area contributed by atoms with Crippen molar-refractivity contribution in [3.63, 3.8) is 0 Å². The van der Waals surface area contributed by atoms with Gasteiger partial charge in [-0.15, -0.1) is 0 Å². The number of carboxylic acids is 2. The Hall–Kier alpha value is -3.89. The Morgan fingerprint density at radius 3 is 2.10 bits per heavy atom. The molecule has 3 aliphatic rings. The summed E-state index contributed by atoms with van der Waals surface area (Å²) in [5.74, 6) is -2.48. The summed E-state index contributed by atoms with van der Waals surface area (Å²) >= 11 is 0. The number of nitrogens with one attached hydrogen (secondary N) is 1. The van der Waals surface area contributed by atoms with E-state index in [0.717, 1.165) is 83.0 Å². The highest BCUT2D eigenvalue weighted by Gasteiger charge is 2.27. The van der Waals surface area contributed by atoms with E-state index in [4.69, 9.17) is 14.9 Å². The van der Waals surface area contributed by atoms with Crippen molar-refractivity contribution < 1.29 is 29.3 Å². The number of amides is 1. The quantitative estimate of drug-likeness (QED) is 0.455. The van der Waals surface area contributed by atoms with Crippen LogP contribution in [0.2, 0.25) is 0 Å². The smallest absolute Gasteiger partial charge is 0.328 e. The summed E-state index contributed by atoms with van der Waals surface area (Å²) in [4.78, 5) is 39.4. The lowest BCUT2D eigenvalue weighted by Crippen LogP contribution is -2.45. The number of carboxylic acid groups (broad SMARTS) is 2. The molecule has 220 valence electrons. The Bertz CT molecular complexity index is 1230. The number of nitrogens with zero attached hydrogens (tertiary/aromatic N) is 3. The van der Waals surface area contributed by atoms with E-state index >= 15 is 0 Å². The summed E-state index contributed by atoms with van der Waals surface area (Å²) in [7, 11) is 2.20. The first-order chi connectivity index (χ1) is 19.7. The molecule has 2 aromatic carbocycles. The minimum absolute atomic E-state index is 0.0331. The average Bonchev–Trinajstić information content (AvgIpc) is 2.98. The molecule has 1 atom stereocenters. The highest BCUT2D eigenvalue weighted by atomic mass is 16.5. The zero-order valence-corrected chi connectivity index (χ0v) is 23.8. The molecule has 1 aliphatic carbocycles. The second-order valence-corrected chi connectivity index (χ2v) is 10.7. The molecule has 1 amide bonds. The van der Waals surface area contributed by atoms with Crippen molar-refractivity contribution in [2.45, 2.75) is 32.2 Å². The summed E-state index contributed by atoms with van der Waals surface area (Å²) < 4.78 is 5.44. The molecule has 0 saturated carbocycles. The average molecular weight is 565 g/mol. The number of ether oxygens (including phenoxy) is 1. The zero-order chi connectivity index (χ0) is 29.4. The number of morpholine rings is 1. The molecule has 0 spiro atoms. The van der Waals surface area contributed by atoms with Crippen molar-refractivity contribution in [3.8, 4) is 0 Å². The summed E-state index contributed by atoms with van der Waals surface area (Å²) in [6.45, 7) is 9.90. The number of likely N-dealkylation sites (N-methyl/N-ethyl adjacent to an activating group) is 1. The Morgan fingerprint density at radius 1 is 0.854 bits per heavy atom. The lowest BCUT2D eigenvalue weighted by Gasteiger charge is -2.37. The number of carbonyl (C=O) groups is 3. The maximum absolute atomic E-state index is 13.0.